The first-order valence-electron chi connectivity index (χ1n) is 13.1. The number of carbonyl (C=O) groups excluding carboxylic acids is 1. The predicted octanol–water partition coefficient (Wildman–Crippen LogP) is 7.05. The minimum Gasteiger partial charge on any atom is -0.493 e. The van der Waals surface area contributed by atoms with Gasteiger partial charge in [0.15, 0.2) is 11.5 Å². The Bertz CT molecular complexity index is 1250. The van der Waals surface area contributed by atoms with Crippen molar-refractivity contribution >= 4 is 28.9 Å². The van der Waals surface area contributed by atoms with Crippen molar-refractivity contribution in [1.82, 2.24) is 0 Å². The van der Waals surface area contributed by atoms with Crippen molar-refractivity contribution in [3.63, 3.8) is 0 Å². The number of nitrogens with zero attached hydrogens (tertiary/aromatic N) is 2. The van der Waals surface area contributed by atoms with Gasteiger partial charge in [0.25, 0.3) is 0 Å². The zero-order valence-electron chi connectivity index (χ0n) is 22.0. The predicted molar refractivity (Wildman–Crippen MR) is 150 cm³/mol. The summed E-state index contributed by atoms with van der Waals surface area (Å²) in [6, 6.07) is 19.8. The van der Waals surface area contributed by atoms with Crippen LogP contribution in [0.15, 0.2) is 60.7 Å². The lowest BCUT2D eigenvalue weighted by Crippen LogP contribution is -2.41. The molecule has 1 saturated carbocycles. The molecule has 0 unspecified atom stereocenters. The first-order chi connectivity index (χ1) is 17.9. The van der Waals surface area contributed by atoms with Gasteiger partial charge in [0.05, 0.1) is 25.7 Å². The van der Waals surface area contributed by atoms with Crippen LogP contribution in [0.5, 0.6) is 11.5 Å². The Balaban J connectivity index is 1.58. The van der Waals surface area contributed by atoms with Gasteiger partial charge >= 0.3 is 0 Å². The van der Waals surface area contributed by atoms with Crippen LogP contribution in [0, 0.1) is 5.92 Å². The van der Waals surface area contributed by atoms with Crippen LogP contribution in [-0.4, -0.2) is 32.7 Å². The molecule has 5 nitrogen and oxygen atoms in total. The number of methoxy groups -OCH3 is 1. The van der Waals surface area contributed by atoms with Gasteiger partial charge in [-0.25, -0.2) is 0 Å². The van der Waals surface area contributed by atoms with E-state index in [1.54, 1.807) is 7.11 Å². The summed E-state index contributed by atoms with van der Waals surface area (Å²) in [6.07, 6.45) is 3.86. The van der Waals surface area contributed by atoms with Gasteiger partial charge < -0.3 is 19.3 Å². The number of ether oxygens (including phenoxy) is 2. The molecule has 2 aliphatic rings. The highest BCUT2D eigenvalue weighted by molar-refractivity contribution is 6.30. The SMILES string of the molecule is CC[C@@H](C)Oc1cc2c(cc1OC)CC(=O)N(c1ccc(N(C)CC3CC3)cc1)[C@H]2c1ccc(Cl)cc1. The molecule has 194 valence electrons. The second-order valence-corrected chi connectivity index (χ2v) is 10.7. The van der Waals surface area contributed by atoms with Crippen molar-refractivity contribution in [2.24, 2.45) is 5.92 Å². The van der Waals surface area contributed by atoms with Crippen LogP contribution in [0.4, 0.5) is 11.4 Å². The summed E-state index contributed by atoms with van der Waals surface area (Å²) in [7, 11) is 3.78. The van der Waals surface area contributed by atoms with Gasteiger partial charge in [0, 0.05) is 30.0 Å². The molecular formula is C31H35ClN2O3. The number of halogens is 1. The molecule has 0 bridgehead atoms. The molecule has 0 spiro atoms. The molecule has 2 atom stereocenters. The Labute approximate surface area is 224 Å². The van der Waals surface area contributed by atoms with Crippen LogP contribution in [-0.2, 0) is 11.2 Å². The van der Waals surface area contributed by atoms with E-state index in [1.807, 2.05) is 42.2 Å². The lowest BCUT2D eigenvalue weighted by Gasteiger charge is -2.38. The molecule has 3 aromatic rings. The Kier molecular flexibility index (Phi) is 7.34. The average molecular weight is 519 g/mol. The highest BCUT2D eigenvalue weighted by Gasteiger charge is 2.36. The lowest BCUT2D eigenvalue weighted by atomic mass is 9.86. The third-order valence-corrected chi connectivity index (χ3v) is 7.73. The van der Waals surface area contributed by atoms with E-state index in [1.165, 1.54) is 12.8 Å². The summed E-state index contributed by atoms with van der Waals surface area (Å²) in [5.41, 5.74) is 5.02. The van der Waals surface area contributed by atoms with E-state index in [2.05, 4.69) is 49.2 Å². The zero-order chi connectivity index (χ0) is 26.1. The topological polar surface area (TPSA) is 42.0 Å². The molecule has 0 aromatic heterocycles. The van der Waals surface area contributed by atoms with Crippen LogP contribution < -0.4 is 19.3 Å². The summed E-state index contributed by atoms with van der Waals surface area (Å²) >= 11 is 6.24. The third-order valence-electron chi connectivity index (χ3n) is 7.48. The summed E-state index contributed by atoms with van der Waals surface area (Å²) in [4.78, 5) is 17.9. The first-order valence-corrected chi connectivity index (χ1v) is 13.5. The second kappa shape index (κ2) is 10.7. The summed E-state index contributed by atoms with van der Waals surface area (Å²) in [5, 5.41) is 0.663. The van der Waals surface area contributed by atoms with E-state index < -0.39 is 0 Å². The van der Waals surface area contributed by atoms with Crippen molar-refractivity contribution in [2.45, 2.75) is 51.7 Å². The highest BCUT2D eigenvalue weighted by Crippen LogP contribution is 2.44. The van der Waals surface area contributed by atoms with Crippen molar-refractivity contribution < 1.29 is 14.3 Å². The van der Waals surface area contributed by atoms with Crippen molar-refractivity contribution in [2.75, 3.05) is 30.5 Å². The molecule has 1 aliphatic heterocycles. The Morgan fingerprint density at radius 1 is 1.05 bits per heavy atom. The van der Waals surface area contributed by atoms with Gasteiger partial charge in [-0.15, -0.1) is 0 Å². The molecule has 5 rings (SSSR count). The lowest BCUT2D eigenvalue weighted by molar-refractivity contribution is -0.118. The van der Waals surface area contributed by atoms with Gasteiger partial charge in [-0.3, -0.25) is 4.79 Å². The maximum Gasteiger partial charge on any atom is 0.232 e. The van der Waals surface area contributed by atoms with Crippen molar-refractivity contribution in [1.29, 1.82) is 0 Å². The van der Waals surface area contributed by atoms with Crippen LogP contribution in [0.2, 0.25) is 5.02 Å². The van der Waals surface area contributed by atoms with Crippen LogP contribution in [0.25, 0.3) is 0 Å². The van der Waals surface area contributed by atoms with E-state index in [4.69, 9.17) is 21.1 Å². The Morgan fingerprint density at radius 3 is 2.38 bits per heavy atom. The van der Waals surface area contributed by atoms with E-state index in [0.29, 0.717) is 22.9 Å². The number of fused-ring (bicyclic) bond motifs is 1. The second-order valence-electron chi connectivity index (χ2n) is 10.3. The molecule has 3 aromatic carbocycles. The molecular weight excluding hydrogens is 484 g/mol. The quantitative estimate of drug-likeness (QED) is 0.304. The third kappa shape index (κ3) is 5.42. The number of rotatable bonds is 9. The summed E-state index contributed by atoms with van der Waals surface area (Å²) < 4.78 is 11.9. The van der Waals surface area contributed by atoms with E-state index >= 15 is 0 Å². The Morgan fingerprint density at radius 2 is 1.76 bits per heavy atom. The fraction of sp³-hybridized carbons (Fsp3) is 0.387. The fourth-order valence-corrected chi connectivity index (χ4v) is 5.16. The molecule has 6 heteroatoms. The maximum absolute atomic E-state index is 13.7. The molecule has 0 N–H and O–H groups in total. The van der Waals surface area contributed by atoms with E-state index in [0.717, 1.165) is 46.9 Å². The fourth-order valence-electron chi connectivity index (χ4n) is 5.04. The number of hydrogen-bond acceptors (Lipinski definition) is 4. The maximum atomic E-state index is 13.7. The largest absolute Gasteiger partial charge is 0.493 e. The van der Waals surface area contributed by atoms with Gasteiger partial charge in [-0.1, -0.05) is 30.7 Å². The smallest absolute Gasteiger partial charge is 0.232 e. The average Bonchev–Trinajstić information content (AvgIpc) is 3.72. The highest BCUT2D eigenvalue weighted by atomic mass is 35.5. The number of carbonyl (C=O) groups is 1. The van der Waals surface area contributed by atoms with Crippen LogP contribution in [0.3, 0.4) is 0 Å². The standard InChI is InChI=1S/C31H35ClN2O3/c1-5-20(2)37-29-18-27-23(16-28(29)36-4)17-30(35)34(31(27)22-8-10-24(32)11-9-22)26-14-12-25(13-15-26)33(3)19-21-6-7-21/h8-16,18,20-21,31H,5-7,17,19H2,1-4H3/t20-,31+/m1/s1. The van der Waals surface area contributed by atoms with E-state index in [9.17, 15) is 4.79 Å². The molecule has 1 aliphatic carbocycles. The number of amides is 1. The molecule has 37 heavy (non-hydrogen) atoms. The van der Waals surface area contributed by atoms with Gasteiger partial charge in [-0.2, -0.15) is 0 Å². The zero-order valence-corrected chi connectivity index (χ0v) is 22.8. The summed E-state index contributed by atoms with van der Waals surface area (Å²) in [5.74, 6) is 2.20. The molecule has 1 fully saturated rings. The molecule has 0 saturated heterocycles. The van der Waals surface area contributed by atoms with Crippen LogP contribution >= 0.6 is 11.6 Å². The van der Waals surface area contributed by atoms with Gasteiger partial charge in [0.1, 0.15) is 0 Å². The van der Waals surface area contributed by atoms with E-state index in [-0.39, 0.29) is 18.1 Å². The molecule has 0 radical (unpaired) electrons. The summed E-state index contributed by atoms with van der Waals surface area (Å²) in [6.45, 7) is 5.22. The van der Waals surface area contributed by atoms with Gasteiger partial charge in [-0.05, 0) is 97.3 Å². The monoisotopic (exact) mass is 518 g/mol. The van der Waals surface area contributed by atoms with Gasteiger partial charge in [0.2, 0.25) is 5.91 Å². The van der Waals surface area contributed by atoms with Crippen LogP contribution in [0.1, 0.15) is 55.8 Å². The van der Waals surface area contributed by atoms with Crippen molar-refractivity contribution in [3.05, 3.63) is 82.4 Å². The molecule has 1 heterocycles. The number of hydrogen-bond donors (Lipinski definition) is 0. The minimum atomic E-state index is -0.311. The molecule has 1 amide bonds. The normalized spacial score (nSPS) is 17.8. The van der Waals surface area contributed by atoms with Crippen molar-refractivity contribution in [3.8, 4) is 11.5 Å². The number of anilines is 2. The minimum absolute atomic E-state index is 0.0439. The first kappa shape index (κ1) is 25.5. The Hall–Kier alpha value is -3.18. The number of benzene rings is 3.